The van der Waals surface area contributed by atoms with Crippen LogP contribution in [0, 0.1) is 11.8 Å². The predicted molar refractivity (Wildman–Crippen MR) is 154 cm³/mol. The number of quaternary nitrogens is 1. The van der Waals surface area contributed by atoms with Crippen molar-refractivity contribution in [2.45, 2.75) is 62.8 Å². The molecule has 1 amide bonds. The van der Waals surface area contributed by atoms with E-state index in [1.165, 1.54) is 26.0 Å². The third-order valence-electron chi connectivity index (χ3n) is 8.50. The normalized spacial score (nSPS) is 26.6. The van der Waals surface area contributed by atoms with Crippen LogP contribution >= 0.6 is 0 Å². The molecule has 0 bridgehead atoms. The summed E-state index contributed by atoms with van der Waals surface area (Å²) < 4.78 is 50.9. The van der Waals surface area contributed by atoms with Gasteiger partial charge in [-0.05, 0) is 67.3 Å². The molecule has 10 heteroatoms. The van der Waals surface area contributed by atoms with Crippen molar-refractivity contribution < 1.29 is 41.5 Å². The molecule has 4 atom stereocenters. The molecular formula is C33H36F3N2O5+. The number of alkyl halides is 3. The fourth-order valence-corrected chi connectivity index (χ4v) is 6.76. The van der Waals surface area contributed by atoms with Crippen molar-refractivity contribution in [2.24, 2.45) is 0 Å². The van der Waals surface area contributed by atoms with E-state index in [2.05, 4.69) is 30.8 Å². The van der Waals surface area contributed by atoms with Crippen LogP contribution in [0.2, 0.25) is 0 Å². The van der Waals surface area contributed by atoms with Gasteiger partial charge in [0.2, 0.25) is 0 Å². The second-order valence-corrected chi connectivity index (χ2v) is 11.8. The van der Waals surface area contributed by atoms with Gasteiger partial charge in [-0.2, -0.15) is 13.2 Å². The lowest BCUT2D eigenvalue weighted by molar-refractivity contribution is -0.917. The van der Waals surface area contributed by atoms with Crippen LogP contribution in [0.25, 0.3) is 0 Å². The van der Waals surface area contributed by atoms with Crippen LogP contribution < -0.4 is 10.1 Å². The maximum absolute atomic E-state index is 12.9. The van der Waals surface area contributed by atoms with E-state index < -0.39 is 40.6 Å². The second-order valence-electron chi connectivity index (χ2n) is 11.8. The first kappa shape index (κ1) is 31.8. The van der Waals surface area contributed by atoms with E-state index in [0.717, 1.165) is 24.2 Å². The largest absolute Gasteiger partial charge is 0.452 e. The molecule has 0 spiro atoms. The maximum Gasteiger partial charge on any atom is 0.416 e. The molecule has 0 radical (unpaired) electrons. The fraction of sp³-hybridized carbons (Fsp3) is 0.424. The molecule has 2 aromatic rings. The Kier molecular flexibility index (Phi) is 9.07. The van der Waals surface area contributed by atoms with Gasteiger partial charge in [-0.15, -0.1) is 0 Å². The van der Waals surface area contributed by atoms with Crippen molar-refractivity contribution in [3.05, 3.63) is 77.9 Å². The van der Waals surface area contributed by atoms with Crippen molar-refractivity contribution in [3.63, 3.8) is 0 Å². The number of esters is 2. The Morgan fingerprint density at radius 3 is 2.47 bits per heavy atom. The van der Waals surface area contributed by atoms with E-state index >= 15 is 0 Å². The zero-order chi connectivity index (χ0) is 31.5. The molecule has 2 fully saturated rings. The van der Waals surface area contributed by atoms with Crippen molar-refractivity contribution in [2.75, 3.05) is 26.7 Å². The van der Waals surface area contributed by atoms with Gasteiger partial charge in [-0.25, -0.2) is 0 Å². The van der Waals surface area contributed by atoms with Crippen molar-refractivity contribution >= 4 is 17.8 Å². The number of carbonyl (C=O) groups is 3. The van der Waals surface area contributed by atoms with Crippen LogP contribution in [-0.4, -0.2) is 60.7 Å². The number of halogens is 3. The quantitative estimate of drug-likeness (QED) is 0.168. The number of fused-ring (bicyclic) bond motifs is 1. The van der Waals surface area contributed by atoms with Gasteiger partial charge in [0.05, 0.1) is 25.7 Å². The fourth-order valence-electron chi connectivity index (χ4n) is 6.76. The minimum Gasteiger partial charge on any atom is -0.452 e. The molecule has 1 aliphatic heterocycles. The van der Waals surface area contributed by atoms with E-state index in [4.69, 9.17) is 9.47 Å². The van der Waals surface area contributed by atoms with Gasteiger partial charge in [-0.1, -0.05) is 24.6 Å². The molecule has 0 aromatic heterocycles. The van der Waals surface area contributed by atoms with Gasteiger partial charge in [0, 0.05) is 43.2 Å². The Labute approximate surface area is 249 Å². The number of ether oxygens (including phenoxy) is 2. The Morgan fingerprint density at radius 1 is 1.12 bits per heavy atom. The summed E-state index contributed by atoms with van der Waals surface area (Å²) >= 11 is 0. The summed E-state index contributed by atoms with van der Waals surface area (Å²) in [4.78, 5) is 37.2. The Hall–Kier alpha value is -4.10. The standard InChI is InChI=1S/C33H35F3N2O5/c1-5-18-38(4)19-17-31(27-7-6-8-29(20-27)42-23(2)39)21-28(15-16-32(31,22-38)43-24(3)40)37-30(41)14-11-25-9-12-26(13-10-25)33(34,35)36/h5-10,12-13,20,28H,1,15-19,21-22H2,2-4H3/p+1/t28-,31-,32?,38-/m0/s1. The average Bonchev–Trinajstić information content (AvgIpc) is 2.91. The van der Waals surface area contributed by atoms with Crippen LogP contribution in [0.1, 0.15) is 56.2 Å². The lowest BCUT2D eigenvalue weighted by atomic mass is 9.54. The number of nitrogens with zero attached hydrogens (tertiary/aromatic N) is 1. The van der Waals surface area contributed by atoms with Crippen LogP contribution in [0.4, 0.5) is 13.2 Å². The molecule has 1 unspecified atom stereocenters. The maximum atomic E-state index is 12.9. The van der Waals surface area contributed by atoms with Gasteiger partial charge in [0.15, 0.2) is 5.60 Å². The highest BCUT2D eigenvalue weighted by Gasteiger charge is 2.64. The number of benzene rings is 2. The number of amides is 1. The van der Waals surface area contributed by atoms with E-state index in [1.807, 2.05) is 12.1 Å². The summed E-state index contributed by atoms with van der Waals surface area (Å²) in [6.45, 7) is 8.61. The summed E-state index contributed by atoms with van der Waals surface area (Å²) in [7, 11) is 2.11. The molecule has 1 aliphatic carbocycles. The summed E-state index contributed by atoms with van der Waals surface area (Å²) in [6.07, 6.45) is -0.562. The van der Waals surface area contributed by atoms with E-state index in [1.54, 1.807) is 18.2 Å². The van der Waals surface area contributed by atoms with Crippen LogP contribution in [0.3, 0.4) is 0 Å². The third kappa shape index (κ3) is 7.11. The average molecular weight is 598 g/mol. The molecule has 1 saturated heterocycles. The molecule has 1 heterocycles. The lowest BCUT2D eigenvalue weighted by Crippen LogP contribution is -2.72. The smallest absolute Gasteiger partial charge is 0.416 e. The number of nitrogens with one attached hydrogen (secondary N) is 1. The first-order chi connectivity index (χ1) is 20.2. The number of likely N-dealkylation sites (N-methyl/N-ethyl adjacent to an activating group) is 1. The van der Waals surface area contributed by atoms with E-state index in [9.17, 15) is 27.6 Å². The Bertz CT molecular complexity index is 1460. The van der Waals surface area contributed by atoms with Crippen LogP contribution in [-0.2, 0) is 30.7 Å². The summed E-state index contributed by atoms with van der Waals surface area (Å²) in [5, 5.41) is 2.98. The monoisotopic (exact) mass is 597 g/mol. The van der Waals surface area contributed by atoms with Crippen LogP contribution in [0.5, 0.6) is 5.75 Å². The summed E-state index contributed by atoms with van der Waals surface area (Å²) in [5.41, 5.74) is -1.29. The van der Waals surface area contributed by atoms with Gasteiger partial charge >= 0.3 is 18.1 Å². The number of carbonyl (C=O) groups excluding carboxylic acids is 3. The third-order valence-corrected chi connectivity index (χ3v) is 8.50. The SMILES string of the molecule is C=CC[N@@+]1(C)CC[C@@]2(c3cccc(OC(C)=O)c3)C[C@@H](NC(=O)C#Cc3ccc(C(F)(F)F)cc3)CCC2(OC(C)=O)C1. The zero-order valence-corrected chi connectivity index (χ0v) is 24.6. The lowest BCUT2D eigenvalue weighted by Gasteiger charge is -2.60. The van der Waals surface area contributed by atoms with E-state index in [-0.39, 0.29) is 11.6 Å². The molecular weight excluding hydrogens is 561 g/mol. The number of piperidine rings is 1. The highest BCUT2D eigenvalue weighted by molar-refractivity contribution is 5.94. The molecule has 228 valence electrons. The Morgan fingerprint density at radius 2 is 1.84 bits per heavy atom. The van der Waals surface area contributed by atoms with Crippen molar-refractivity contribution in [1.82, 2.24) is 5.32 Å². The van der Waals surface area contributed by atoms with Gasteiger partial charge in [0.1, 0.15) is 12.3 Å². The molecule has 4 rings (SSSR count). The minimum atomic E-state index is -4.46. The molecule has 1 N–H and O–H groups in total. The van der Waals surface area contributed by atoms with Crippen molar-refractivity contribution in [3.8, 4) is 17.6 Å². The van der Waals surface area contributed by atoms with Crippen molar-refractivity contribution in [1.29, 1.82) is 0 Å². The Balaban J connectivity index is 1.66. The van der Waals surface area contributed by atoms with Gasteiger partial charge in [0.25, 0.3) is 5.91 Å². The highest BCUT2D eigenvalue weighted by atomic mass is 19.4. The highest BCUT2D eigenvalue weighted by Crippen LogP contribution is 2.55. The molecule has 2 aliphatic rings. The zero-order valence-electron chi connectivity index (χ0n) is 24.6. The predicted octanol–water partition coefficient (Wildman–Crippen LogP) is 4.93. The minimum absolute atomic E-state index is 0.283. The molecule has 43 heavy (non-hydrogen) atoms. The topological polar surface area (TPSA) is 81.7 Å². The van der Waals surface area contributed by atoms with Gasteiger partial charge in [-0.3, -0.25) is 14.4 Å². The summed E-state index contributed by atoms with van der Waals surface area (Å²) in [6, 6.07) is 11.2. The first-order valence-corrected chi connectivity index (χ1v) is 14.1. The number of hydrogen-bond acceptors (Lipinski definition) is 5. The second kappa shape index (κ2) is 12.3. The summed E-state index contributed by atoms with van der Waals surface area (Å²) in [5.74, 6) is 4.08. The molecule has 2 aromatic carbocycles. The van der Waals surface area contributed by atoms with E-state index in [0.29, 0.717) is 49.0 Å². The number of likely N-dealkylation sites (tertiary alicyclic amines) is 1. The first-order valence-electron chi connectivity index (χ1n) is 14.1. The number of hydrogen-bond donors (Lipinski definition) is 1. The molecule has 1 saturated carbocycles. The molecule has 7 nitrogen and oxygen atoms in total. The van der Waals surface area contributed by atoms with Gasteiger partial charge < -0.3 is 19.3 Å². The number of rotatable bonds is 6. The van der Waals surface area contributed by atoms with Crippen LogP contribution in [0.15, 0.2) is 61.2 Å².